The van der Waals surface area contributed by atoms with Crippen LogP contribution in [0, 0.1) is 62.1 Å². The van der Waals surface area contributed by atoms with Gasteiger partial charge in [-0.05, 0) is 129 Å². The molecule has 0 amide bonds. The van der Waals surface area contributed by atoms with Gasteiger partial charge in [0.1, 0.15) is 145 Å². The second kappa shape index (κ2) is 44.1. The van der Waals surface area contributed by atoms with Gasteiger partial charge in [-0.15, -0.1) is 0 Å². The Labute approximate surface area is 799 Å². The molecule has 0 aromatic rings. The molecule has 792 valence electrons. The third kappa shape index (κ3) is 21.4. The smallest absolute Gasteiger partial charge is 0.335 e. The number of esters is 3. The van der Waals surface area contributed by atoms with Crippen molar-refractivity contribution in [1.29, 1.82) is 0 Å². The Kier molecular flexibility index (Phi) is 35.5. The molecule has 0 radical (unpaired) electrons. The maximum Gasteiger partial charge on any atom is 0.335 e. The summed E-state index contributed by atoms with van der Waals surface area (Å²) in [6.45, 7) is 20.1. The van der Waals surface area contributed by atoms with Gasteiger partial charge in [0.05, 0.1) is 100 Å². The molecule has 51 atom stereocenters. The summed E-state index contributed by atoms with van der Waals surface area (Å²) in [6.07, 6.45) is -64.5. The van der Waals surface area contributed by atoms with Gasteiger partial charge in [0.2, 0.25) is 6.29 Å². The van der Waals surface area contributed by atoms with Gasteiger partial charge in [-0.2, -0.15) is 0 Å². The number of hydrogen-bond donors (Lipinski definition) is 22. The number of ether oxygens (including phenoxy) is 18. The van der Waals surface area contributed by atoms with Crippen molar-refractivity contribution in [3.63, 3.8) is 0 Å². The number of aliphatic hydroxyl groups is 21. The summed E-state index contributed by atoms with van der Waals surface area (Å²) in [5.41, 5.74) is -7.66. The van der Waals surface area contributed by atoms with Crippen molar-refractivity contribution < 1.29 is 222 Å². The third-order valence-corrected chi connectivity index (χ3v) is 33.5. The van der Waals surface area contributed by atoms with E-state index in [0.717, 1.165) is 11.9 Å². The van der Waals surface area contributed by atoms with E-state index in [1.54, 1.807) is 27.7 Å². The van der Waals surface area contributed by atoms with Crippen LogP contribution in [0.25, 0.3) is 0 Å². The van der Waals surface area contributed by atoms with Crippen molar-refractivity contribution >= 4 is 30.2 Å². The molecule has 0 aromatic heterocycles. The van der Waals surface area contributed by atoms with E-state index < -0.39 is 371 Å². The molecule has 8 aliphatic heterocycles. The Morgan fingerprint density at radius 2 is 1.08 bits per heavy atom. The Balaban J connectivity index is 0.748. The van der Waals surface area contributed by atoms with Crippen molar-refractivity contribution in [1.82, 2.24) is 0 Å². The minimum Gasteiger partial charge on any atom is -0.479 e. The van der Waals surface area contributed by atoms with Crippen LogP contribution in [-0.4, -0.2) is 427 Å². The largest absolute Gasteiger partial charge is 0.479 e. The second-order valence-corrected chi connectivity index (χ2v) is 42.8. The van der Waals surface area contributed by atoms with E-state index in [9.17, 15) is 132 Å². The Bertz CT molecular complexity index is 4100. The highest BCUT2D eigenvalue weighted by molar-refractivity contribution is 5.80. The van der Waals surface area contributed by atoms with Crippen molar-refractivity contribution in [3.8, 4) is 0 Å². The van der Waals surface area contributed by atoms with E-state index >= 15 is 4.79 Å². The fraction of sp³-hybridized carbons (Fsp3) is 0.925. The summed E-state index contributed by atoms with van der Waals surface area (Å²) in [5, 5.41) is 247. The number of carboxylic acids is 1. The lowest BCUT2D eigenvalue weighted by molar-refractivity contribution is -0.391. The van der Waals surface area contributed by atoms with Crippen LogP contribution >= 0.6 is 0 Å². The highest BCUT2D eigenvalue weighted by atomic mass is 16.8. The molecule has 0 aromatic carbocycles. The molecule has 5 aliphatic carbocycles. The molecular formula is C93H150O45. The lowest BCUT2D eigenvalue weighted by atomic mass is 9.33. The van der Waals surface area contributed by atoms with Gasteiger partial charge in [0.15, 0.2) is 62.3 Å². The van der Waals surface area contributed by atoms with Gasteiger partial charge in [-0.25, -0.2) is 4.79 Å². The van der Waals surface area contributed by atoms with Gasteiger partial charge in [-0.1, -0.05) is 101 Å². The quantitative estimate of drug-likeness (QED) is 0.00939. The molecule has 45 nitrogen and oxygen atoms in total. The Morgan fingerprint density at radius 1 is 0.514 bits per heavy atom. The number of aliphatic hydroxyl groups excluding tert-OH is 20. The lowest BCUT2D eigenvalue weighted by Gasteiger charge is -2.71. The first-order valence-corrected chi connectivity index (χ1v) is 48.7. The van der Waals surface area contributed by atoms with Crippen molar-refractivity contribution in [2.75, 3.05) is 33.0 Å². The fourth-order valence-corrected chi connectivity index (χ4v) is 24.3. The number of carbonyl (C=O) groups is 5. The summed E-state index contributed by atoms with van der Waals surface area (Å²) in [6, 6.07) is 0. The van der Waals surface area contributed by atoms with E-state index in [4.69, 9.17) is 85.3 Å². The molecule has 8 saturated heterocycles. The van der Waals surface area contributed by atoms with Crippen LogP contribution in [0.5, 0.6) is 0 Å². The van der Waals surface area contributed by atoms with Gasteiger partial charge in [0.25, 0.3) is 0 Å². The number of hydrogen-bond acceptors (Lipinski definition) is 44. The lowest BCUT2D eigenvalue weighted by Crippen LogP contribution is -2.69. The predicted octanol–water partition coefficient (Wildman–Crippen LogP) is -4.27. The number of allylic oxidation sites excluding steroid dienone is 2. The molecular weight excluding hydrogens is 1840 g/mol. The van der Waals surface area contributed by atoms with E-state index in [2.05, 4.69) is 26.8 Å². The Morgan fingerprint density at radius 3 is 1.71 bits per heavy atom. The number of aldehydes is 1. The molecule has 13 aliphatic rings. The van der Waals surface area contributed by atoms with Gasteiger partial charge < -0.3 is 202 Å². The average Bonchev–Trinajstić information content (AvgIpc) is 0.726. The molecule has 4 saturated carbocycles. The molecule has 44 unspecified atom stereocenters. The average molecular weight is 1990 g/mol. The van der Waals surface area contributed by atoms with Gasteiger partial charge >= 0.3 is 23.9 Å². The first-order chi connectivity index (χ1) is 64.8. The molecule has 0 spiro atoms. The predicted molar refractivity (Wildman–Crippen MR) is 461 cm³/mol. The number of rotatable bonds is 35. The first kappa shape index (κ1) is 111. The zero-order valence-corrected chi connectivity index (χ0v) is 80.2. The Hall–Kier alpha value is -4.15. The maximum atomic E-state index is 16.4. The summed E-state index contributed by atoms with van der Waals surface area (Å²) < 4.78 is 109. The number of carbonyl (C=O) groups excluding carboxylic acids is 4. The number of aliphatic carboxylic acids is 1. The van der Waals surface area contributed by atoms with E-state index in [-0.39, 0.29) is 43.9 Å². The minimum absolute atomic E-state index is 0.0186. The van der Waals surface area contributed by atoms with Crippen molar-refractivity contribution in [2.45, 2.75) is 444 Å². The van der Waals surface area contributed by atoms with E-state index in [1.165, 1.54) is 13.8 Å². The highest BCUT2D eigenvalue weighted by Crippen LogP contribution is 2.76. The highest BCUT2D eigenvalue weighted by Gasteiger charge is 2.74. The molecule has 13 rings (SSSR count). The molecule has 0 bridgehead atoms. The second-order valence-electron chi connectivity index (χ2n) is 42.8. The van der Waals surface area contributed by atoms with Crippen LogP contribution < -0.4 is 0 Å². The summed E-state index contributed by atoms with van der Waals surface area (Å²) in [5.74, 6) is -7.09. The minimum atomic E-state index is -2.26. The number of carboxylic acid groups (broad SMARTS) is 1. The van der Waals surface area contributed by atoms with Crippen LogP contribution in [0.1, 0.15) is 193 Å². The molecule has 138 heavy (non-hydrogen) atoms. The van der Waals surface area contributed by atoms with Crippen LogP contribution in [0.15, 0.2) is 11.6 Å². The van der Waals surface area contributed by atoms with Gasteiger partial charge in [-0.3, -0.25) is 14.4 Å². The van der Waals surface area contributed by atoms with Gasteiger partial charge in [0, 0.05) is 12.8 Å². The summed E-state index contributed by atoms with van der Waals surface area (Å²) in [7, 11) is 0. The standard InChI is InChI=1S/C93H150O45/c1-14-37(4)48(126-55(102)27-42(98)26-49(38(5)15-2)128-81-63(110)58(105)47(16-3)127-81)25-41(97)28-56(103)131-70-40(7)125-83(74(66(70)113)136-80-65(112)61(108)69(39(6)124-80)132-79-68(115)71(46(100)33-122-79)133-85-76(116)92(120,35-96)36-123-85)138-86(119)93-24-23-87(8,9)29-44(93)43-17-18-52-88(10)21-20-54(89(11,34-95)51(88)19-22-90(52,12)91(43,13)30-53(93)101)130-84-75(137-82-64(111)60(107)59(106)50(31-94)129-82)72(67(114)73(135-84)77(117)118)134-78-62(109)57(104)45(99)32-121-78/h17,34,37-42,44-54,57-76,78-85,94,96-101,104-116,120H,14-16,18-33,35-36H2,1-13H3,(H,117,118)/t37?,38?,39?,40?,41?,42?,44?,45?,46?,47-,48?,49?,50?,51?,52?,53?,54?,57?,58-,59?,60?,61?,62?,63+,64?,65?,66?,67?,68?,69?,70?,71?,72?,73?,74?,75?,76-,78?,79?,80?,81-,82?,83?,84?,85-,88?,89?,90?,91?,92+,93?/m1/s1. The molecule has 8 heterocycles. The summed E-state index contributed by atoms with van der Waals surface area (Å²) >= 11 is 0. The first-order valence-electron chi connectivity index (χ1n) is 48.7. The van der Waals surface area contributed by atoms with Crippen LogP contribution in [-0.2, 0) is 109 Å². The molecule has 12 fully saturated rings. The fourth-order valence-electron chi connectivity index (χ4n) is 24.3. The van der Waals surface area contributed by atoms with E-state index in [1.807, 2.05) is 27.7 Å². The van der Waals surface area contributed by atoms with Crippen molar-refractivity contribution in [2.24, 2.45) is 62.1 Å². The van der Waals surface area contributed by atoms with E-state index in [0.29, 0.717) is 57.8 Å². The SMILES string of the molecule is CCC(C)C(CC(O)CC(=O)OC1C(C)OC(OC(=O)C23CCC(C)(C)CC2C2=CCC4C5(C)CCC(OC6OC(C(=O)O)C(O)C(OC7OCC(O)C(O)C7O)C6OC6OC(CO)C(O)C(O)C6O)C(C)(C=O)C5CCC4(C)C2(C)CC3O)C(OC2OC(C)C(OC3OCC(O)C(O[C@H]4OC[C@@](O)(CO)[C@@H]4O)C3O)C(O)C2O)C1O)OC(=O)CC(O)CC(O[C@H]1O[C@H](CC)[C@@H](O)[C@@H]1O)C(C)CC. The van der Waals surface area contributed by atoms with Crippen LogP contribution in [0.4, 0.5) is 0 Å². The molecule has 22 N–H and O–H groups in total. The monoisotopic (exact) mass is 1990 g/mol. The topological polar surface area (TPSA) is 697 Å². The zero-order valence-electron chi connectivity index (χ0n) is 80.2. The molecule has 45 heteroatoms. The van der Waals surface area contributed by atoms with Crippen molar-refractivity contribution in [3.05, 3.63) is 11.6 Å². The maximum absolute atomic E-state index is 16.4. The summed E-state index contributed by atoms with van der Waals surface area (Å²) in [4.78, 5) is 72.1. The third-order valence-electron chi connectivity index (χ3n) is 33.5. The number of fused-ring (bicyclic) bond motifs is 7. The zero-order chi connectivity index (χ0) is 101. The van der Waals surface area contributed by atoms with Crippen LogP contribution in [0.3, 0.4) is 0 Å². The normalized spacial score (nSPS) is 48.7. The van der Waals surface area contributed by atoms with Crippen LogP contribution in [0.2, 0.25) is 0 Å².